The number of nitrogen functional groups attached to an aromatic ring is 1. The van der Waals surface area contributed by atoms with Crippen molar-refractivity contribution in [2.24, 2.45) is 5.73 Å². The van der Waals surface area contributed by atoms with Crippen molar-refractivity contribution in [3.05, 3.63) is 93.9 Å². The van der Waals surface area contributed by atoms with Crippen LogP contribution in [0.1, 0.15) is 27.2 Å². The number of nitrogens with zero attached hydrogens (tertiary/aromatic N) is 2. The van der Waals surface area contributed by atoms with Crippen molar-refractivity contribution in [2.45, 2.75) is 19.8 Å². The highest BCUT2D eigenvalue weighted by molar-refractivity contribution is 6.36. The molecule has 178 valence electrons. The summed E-state index contributed by atoms with van der Waals surface area (Å²) in [4.78, 5) is 21.4. The van der Waals surface area contributed by atoms with E-state index in [1.807, 2.05) is 29.8 Å². The van der Waals surface area contributed by atoms with Crippen LogP contribution in [0.3, 0.4) is 0 Å². The van der Waals surface area contributed by atoms with Gasteiger partial charge in [0.25, 0.3) is 5.91 Å². The summed E-state index contributed by atoms with van der Waals surface area (Å²) in [7, 11) is 0. The summed E-state index contributed by atoms with van der Waals surface area (Å²) in [6, 6.07) is 17.1. The summed E-state index contributed by atoms with van der Waals surface area (Å²) in [5, 5.41) is 7.88. The third-order valence-electron chi connectivity index (χ3n) is 5.80. The summed E-state index contributed by atoms with van der Waals surface area (Å²) in [5.41, 5.74) is 17.3. The summed E-state index contributed by atoms with van der Waals surface area (Å²) >= 11 is 6.21. The molecule has 0 spiro atoms. The molecule has 0 saturated carbocycles. The first-order valence-electron chi connectivity index (χ1n) is 10.8. The number of hydrogen-bond acceptors (Lipinski definition) is 4. The number of carbonyl (C=O) groups is 2. The van der Waals surface area contributed by atoms with Gasteiger partial charge in [-0.05, 0) is 73.9 Å². The van der Waals surface area contributed by atoms with Crippen LogP contribution in [0.25, 0.3) is 16.9 Å². The first-order valence-corrected chi connectivity index (χ1v) is 11.2. The minimum Gasteiger partial charge on any atom is -0.398 e. The zero-order valence-electron chi connectivity index (χ0n) is 18.9. The van der Waals surface area contributed by atoms with Gasteiger partial charge in [0.1, 0.15) is 5.82 Å². The summed E-state index contributed by atoms with van der Waals surface area (Å²) < 4.78 is 15.3. The van der Waals surface area contributed by atoms with Crippen molar-refractivity contribution in [1.82, 2.24) is 9.78 Å². The number of aryl methyl sites for hydroxylation is 2. The standard InChI is InChI=1S/C25H20ClFN4O.CH3NO/c1-14-19-12-6-15-5-9-17(29-25(32)20-3-2-4-22(28)23(20)26)13-21(15)24(19)31(30-14)18-10-7-16(27)8-11-18;2-1-3/h2-5,7-11,13H,6,12,28H2,1H3,(H,29,32);1H,(H2,2,3). The summed E-state index contributed by atoms with van der Waals surface area (Å²) in [6.45, 7) is 1.98. The van der Waals surface area contributed by atoms with Crippen molar-refractivity contribution >= 4 is 35.3 Å². The van der Waals surface area contributed by atoms with E-state index < -0.39 is 0 Å². The maximum Gasteiger partial charge on any atom is 0.257 e. The molecular formula is C26H23ClFN5O2. The third kappa shape index (κ3) is 4.74. The van der Waals surface area contributed by atoms with Crippen molar-refractivity contribution in [1.29, 1.82) is 0 Å². The summed E-state index contributed by atoms with van der Waals surface area (Å²) in [6.07, 6.45) is 2.01. The Bertz CT molecular complexity index is 1420. The van der Waals surface area contributed by atoms with E-state index in [-0.39, 0.29) is 23.2 Å². The van der Waals surface area contributed by atoms with Crippen molar-refractivity contribution in [3.63, 3.8) is 0 Å². The van der Waals surface area contributed by atoms with Crippen LogP contribution in [0.4, 0.5) is 15.8 Å². The number of nitrogens with two attached hydrogens (primary N) is 2. The largest absolute Gasteiger partial charge is 0.398 e. The number of anilines is 2. The van der Waals surface area contributed by atoms with Crippen molar-refractivity contribution in [2.75, 3.05) is 11.1 Å². The van der Waals surface area contributed by atoms with Gasteiger partial charge in [0, 0.05) is 16.8 Å². The van der Waals surface area contributed by atoms with Gasteiger partial charge in [-0.3, -0.25) is 9.59 Å². The fourth-order valence-electron chi connectivity index (χ4n) is 4.18. The number of nitrogens with one attached hydrogen (secondary N) is 1. The van der Waals surface area contributed by atoms with Crippen LogP contribution in [0.2, 0.25) is 5.02 Å². The molecule has 5 rings (SSSR count). The van der Waals surface area contributed by atoms with Crippen LogP contribution in [-0.4, -0.2) is 22.1 Å². The van der Waals surface area contributed by atoms with Gasteiger partial charge in [0.15, 0.2) is 0 Å². The molecule has 3 aromatic carbocycles. The lowest BCUT2D eigenvalue weighted by Crippen LogP contribution is -2.14. The van der Waals surface area contributed by atoms with E-state index in [9.17, 15) is 9.18 Å². The number of carbonyl (C=O) groups excluding carboxylic acids is 2. The molecule has 0 bridgehead atoms. The van der Waals surface area contributed by atoms with Gasteiger partial charge in [-0.25, -0.2) is 9.07 Å². The number of halogens is 2. The predicted molar refractivity (Wildman–Crippen MR) is 135 cm³/mol. The van der Waals surface area contributed by atoms with E-state index in [1.54, 1.807) is 30.3 Å². The summed E-state index contributed by atoms with van der Waals surface area (Å²) in [5.74, 6) is -0.626. The minimum atomic E-state index is -0.332. The molecule has 0 aliphatic heterocycles. The third-order valence-corrected chi connectivity index (χ3v) is 6.22. The van der Waals surface area contributed by atoms with Gasteiger partial charge in [0.2, 0.25) is 6.41 Å². The topological polar surface area (TPSA) is 116 Å². The number of aromatic nitrogens is 2. The van der Waals surface area contributed by atoms with Gasteiger partial charge in [-0.2, -0.15) is 5.10 Å². The molecule has 0 atom stereocenters. The van der Waals surface area contributed by atoms with Crippen molar-refractivity contribution < 1.29 is 14.0 Å². The average Bonchev–Trinajstić information content (AvgIpc) is 3.18. The SMILES string of the molecule is Cc1nn(-c2ccc(F)cc2)c2c1CCc1ccc(NC(=O)c3cccc(N)c3Cl)cc1-2.NC=O. The Labute approximate surface area is 206 Å². The van der Waals surface area contributed by atoms with E-state index in [4.69, 9.17) is 27.2 Å². The first kappa shape index (κ1) is 24.0. The van der Waals surface area contributed by atoms with Crippen LogP contribution >= 0.6 is 11.6 Å². The van der Waals surface area contributed by atoms with E-state index in [0.29, 0.717) is 16.9 Å². The molecule has 9 heteroatoms. The lowest BCUT2D eigenvalue weighted by molar-refractivity contribution is -0.106. The van der Waals surface area contributed by atoms with Crippen LogP contribution in [0, 0.1) is 12.7 Å². The zero-order chi connectivity index (χ0) is 25.1. The number of amides is 2. The van der Waals surface area contributed by atoms with E-state index in [0.717, 1.165) is 41.0 Å². The van der Waals surface area contributed by atoms with Crippen LogP contribution in [0.5, 0.6) is 0 Å². The molecule has 1 aromatic heterocycles. The fraction of sp³-hybridized carbons (Fsp3) is 0.115. The number of primary amides is 1. The Hall–Kier alpha value is -4.17. The Morgan fingerprint density at radius 3 is 2.57 bits per heavy atom. The zero-order valence-corrected chi connectivity index (χ0v) is 19.6. The number of fused-ring (bicyclic) bond motifs is 3. The molecule has 7 nitrogen and oxygen atoms in total. The normalized spacial score (nSPS) is 11.5. The molecule has 1 heterocycles. The molecule has 0 radical (unpaired) electrons. The lowest BCUT2D eigenvalue weighted by Gasteiger charge is -2.20. The molecule has 35 heavy (non-hydrogen) atoms. The molecule has 5 N–H and O–H groups in total. The predicted octanol–water partition coefficient (Wildman–Crippen LogP) is 4.67. The smallest absolute Gasteiger partial charge is 0.257 e. The maximum atomic E-state index is 13.5. The van der Waals surface area contributed by atoms with Crippen LogP contribution < -0.4 is 16.8 Å². The number of rotatable bonds is 3. The molecule has 2 amide bonds. The fourth-order valence-corrected chi connectivity index (χ4v) is 4.39. The van der Waals surface area contributed by atoms with E-state index in [1.165, 1.54) is 17.7 Å². The quantitative estimate of drug-likeness (QED) is 0.285. The Morgan fingerprint density at radius 1 is 1.14 bits per heavy atom. The Morgan fingerprint density at radius 2 is 1.86 bits per heavy atom. The highest BCUT2D eigenvalue weighted by atomic mass is 35.5. The van der Waals surface area contributed by atoms with Crippen LogP contribution in [-0.2, 0) is 17.6 Å². The Kier molecular flexibility index (Phi) is 6.84. The average molecular weight is 492 g/mol. The first-order chi connectivity index (χ1) is 16.8. The van der Waals surface area contributed by atoms with Gasteiger partial charge < -0.3 is 16.8 Å². The van der Waals surface area contributed by atoms with E-state index >= 15 is 0 Å². The molecule has 0 fully saturated rings. The van der Waals surface area contributed by atoms with Gasteiger partial charge in [-0.1, -0.05) is 23.7 Å². The van der Waals surface area contributed by atoms with Gasteiger partial charge >= 0.3 is 0 Å². The molecule has 1 aliphatic carbocycles. The molecular weight excluding hydrogens is 469 g/mol. The highest BCUT2D eigenvalue weighted by Gasteiger charge is 2.25. The number of benzene rings is 3. The Balaban J connectivity index is 0.000000917. The van der Waals surface area contributed by atoms with Gasteiger partial charge in [0.05, 0.1) is 33.3 Å². The van der Waals surface area contributed by atoms with Crippen LogP contribution in [0.15, 0.2) is 60.7 Å². The second-order valence-electron chi connectivity index (χ2n) is 7.97. The molecule has 0 unspecified atom stereocenters. The maximum absolute atomic E-state index is 13.5. The monoisotopic (exact) mass is 491 g/mol. The second kappa shape index (κ2) is 9.99. The molecule has 0 saturated heterocycles. The number of hydrogen-bond donors (Lipinski definition) is 3. The minimum absolute atomic E-state index is 0.232. The second-order valence-corrected chi connectivity index (χ2v) is 8.35. The van der Waals surface area contributed by atoms with Gasteiger partial charge in [-0.15, -0.1) is 0 Å². The lowest BCUT2D eigenvalue weighted by atomic mass is 9.88. The molecule has 1 aliphatic rings. The van der Waals surface area contributed by atoms with Crippen molar-refractivity contribution in [3.8, 4) is 16.9 Å². The molecule has 4 aromatic rings. The van der Waals surface area contributed by atoms with E-state index in [2.05, 4.69) is 11.1 Å². The highest BCUT2D eigenvalue weighted by Crippen LogP contribution is 2.38.